The highest BCUT2D eigenvalue weighted by atomic mass is 16.5. The van der Waals surface area contributed by atoms with Gasteiger partial charge in [0.25, 0.3) is 0 Å². The maximum atomic E-state index is 12.3. The fourth-order valence-corrected chi connectivity index (χ4v) is 4.03. The normalized spacial score (nSPS) is 14.1. The molecule has 0 aliphatic heterocycles. The molecule has 3 rings (SSSR count). The molecule has 2 N–H and O–H groups in total. The number of carboxylic acid groups (broad SMARTS) is 1. The van der Waals surface area contributed by atoms with Crippen LogP contribution in [0.2, 0.25) is 0 Å². The Balaban J connectivity index is 1.47. The van der Waals surface area contributed by atoms with E-state index >= 15 is 0 Å². The van der Waals surface area contributed by atoms with Crippen LogP contribution in [-0.4, -0.2) is 54.2 Å². The molecule has 0 saturated heterocycles. The first-order valence-corrected chi connectivity index (χ1v) is 10.9. The zero-order valence-corrected chi connectivity index (χ0v) is 18.7. The number of carbonyl (C=O) groups excluding carboxylic acids is 2. The number of carboxylic acids is 1. The minimum atomic E-state index is -0.935. The molecule has 2 aromatic rings. The van der Waals surface area contributed by atoms with Crippen molar-refractivity contribution in [1.82, 2.24) is 10.2 Å². The molecule has 2 amide bonds. The van der Waals surface area contributed by atoms with Crippen molar-refractivity contribution >= 4 is 18.0 Å². The zero-order valence-electron chi connectivity index (χ0n) is 18.7. The number of benzene rings is 2. The summed E-state index contributed by atoms with van der Waals surface area (Å²) in [5.74, 6) is -1.72. The topological polar surface area (TPSA) is 95.9 Å². The second-order valence-electron chi connectivity index (χ2n) is 8.42. The molecule has 0 radical (unpaired) electrons. The van der Waals surface area contributed by atoms with E-state index in [2.05, 4.69) is 29.6 Å². The SMILES string of the molecule is CC(CCC(=O)N(C)CC(C)C(=O)O)NC(=O)OCC1c2ccccc2-c2ccccc21. The van der Waals surface area contributed by atoms with Gasteiger partial charge in [-0.3, -0.25) is 9.59 Å². The van der Waals surface area contributed by atoms with Crippen molar-refractivity contribution in [2.75, 3.05) is 20.2 Å². The Labute approximate surface area is 188 Å². The van der Waals surface area contributed by atoms with Gasteiger partial charge >= 0.3 is 12.1 Å². The van der Waals surface area contributed by atoms with Gasteiger partial charge in [0.05, 0.1) is 5.92 Å². The first kappa shape index (κ1) is 23.3. The number of alkyl carbamates (subject to hydrolysis) is 1. The van der Waals surface area contributed by atoms with Crippen molar-refractivity contribution in [3.63, 3.8) is 0 Å². The lowest BCUT2D eigenvalue weighted by Crippen LogP contribution is -2.37. The molecule has 7 heteroatoms. The Morgan fingerprint density at radius 1 is 1.03 bits per heavy atom. The summed E-state index contributed by atoms with van der Waals surface area (Å²) < 4.78 is 5.53. The van der Waals surface area contributed by atoms with E-state index in [9.17, 15) is 14.4 Å². The number of hydrogen-bond donors (Lipinski definition) is 2. The smallest absolute Gasteiger partial charge is 0.407 e. The third kappa shape index (κ3) is 5.46. The number of fused-ring (bicyclic) bond motifs is 3. The van der Waals surface area contributed by atoms with Crippen LogP contribution < -0.4 is 5.32 Å². The summed E-state index contributed by atoms with van der Waals surface area (Å²) in [5.41, 5.74) is 4.65. The maximum absolute atomic E-state index is 12.3. The van der Waals surface area contributed by atoms with E-state index in [0.29, 0.717) is 6.42 Å². The summed E-state index contributed by atoms with van der Waals surface area (Å²) >= 11 is 0. The zero-order chi connectivity index (χ0) is 23.3. The number of nitrogens with one attached hydrogen (secondary N) is 1. The average molecular weight is 439 g/mol. The van der Waals surface area contributed by atoms with Crippen LogP contribution in [0.4, 0.5) is 4.79 Å². The van der Waals surface area contributed by atoms with Gasteiger partial charge in [0, 0.05) is 32.0 Å². The van der Waals surface area contributed by atoms with Gasteiger partial charge in [0.15, 0.2) is 0 Å². The summed E-state index contributed by atoms with van der Waals surface area (Å²) in [4.78, 5) is 36.9. The Morgan fingerprint density at radius 3 is 2.16 bits per heavy atom. The predicted molar refractivity (Wildman–Crippen MR) is 121 cm³/mol. The maximum Gasteiger partial charge on any atom is 0.407 e. The highest BCUT2D eigenvalue weighted by molar-refractivity contribution is 5.79. The van der Waals surface area contributed by atoms with Crippen molar-refractivity contribution < 1.29 is 24.2 Å². The first-order chi connectivity index (χ1) is 15.3. The van der Waals surface area contributed by atoms with Crippen molar-refractivity contribution in [2.24, 2.45) is 5.92 Å². The molecule has 2 unspecified atom stereocenters. The summed E-state index contributed by atoms with van der Waals surface area (Å²) in [5, 5.41) is 11.7. The van der Waals surface area contributed by atoms with E-state index in [-0.39, 0.29) is 37.4 Å². The number of hydrogen-bond acceptors (Lipinski definition) is 4. The number of rotatable bonds is 9. The highest BCUT2D eigenvalue weighted by Crippen LogP contribution is 2.44. The third-order valence-electron chi connectivity index (χ3n) is 5.89. The lowest BCUT2D eigenvalue weighted by Gasteiger charge is -2.21. The predicted octanol–water partition coefficient (Wildman–Crippen LogP) is 3.87. The monoisotopic (exact) mass is 438 g/mol. The molecule has 7 nitrogen and oxygen atoms in total. The van der Waals surface area contributed by atoms with Crippen molar-refractivity contribution in [2.45, 2.75) is 38.6 Å². The number of aliphatic carboxylic acids is 1. The van der Waals surface area contributed by atoms with Gasteiger partial charge < -0.3 is 20.1 Å². The van der Waals surface area contributed by atoms with Gasteiger partial charge in [0.2, 0.25) is 5.91 Å². The molecular weight excluding hydrogens is 408 g/mol. The third-order valence-corrected chi connectivity index (χ3v) is 5.89. The molecule has 0 fully saturated rings. The van der Waals surface area contributed by atoms with Crippen LogP contribution in [0, 0.1) is 5.92 Å². The van der Waals surface area contributed by atoms with E-state index in [0.717, 1.165) is 11.1 Å². The second-order valence-corrected chi connectivity index (χ2v) is 8.42. The van der Waals surface area contributed by atoms with Crippen LogP contribution in [0.3, 0.4) is 0 Å². The number of ether oxygens (including phenoxy) is 1. The minimum absolute atomic E-state index is 0.00471. The second kappa shape index (κ2) is 10.3. The fourth-order valence-electron chi connectivity index (χ4n) is 4.03. The lowest BCUT2D eigenvalue weighted by molar-refractivity contribution is -0.142. The van der Waals surface area contributed by atoms with Crippen LogP contribution >= 0.6 is 0 Å². The van der Waals surface area contributed by atoms with Gasteiger partial charge in [-0.15, -0.1) is 0 Å². The minimum Gasteiger partial charge on any atom is -0.481 e. The van der Waals surface area contributed by atoms with Crippen LogP contribution in [0.25, 0.3) is 11.1 Å². The van der Waals surface area contributed by atoms with Gasteiger partial charge in [-0.05, 0) is 35.6 Å². The standard InChI is InChI=1S/C25H30N2O5/c1-16(24(29)30)14-27(3)23(28)13-12-17(2)26-25(31)32-15-22-20-10-6-4-8-18(20)19-9-5-7-11-21(19)22/h4-11,16-17,22H,12-15H2,1-3H3,(H,26,31)(H,29,30). The van der Waals surface area contributed by atoms with Gasteiger partial charge in [-0.1, -0.05) is 55.5 Å². The van der Waals surface area contributed by atoms with Crippen molar-refractivity contribution in [3.05, 3.63) is 59.7 Å². The summed E-state index contributed by atoms with van der Waals surface area (Å²) in [6.07, 6.45) is 0.141. The molecular formula is C25H30N2O5. The quantitative estimate of drug-likeness (QED) is 0.620. The molecule has 0 saturated carbocycles. The largest absolute Gasteiger partial charge is 0.481 e. The molecule has 2 atom stereocenters. The lowest BCUT2D eigenvalue weighted by atomic mass is 9.98. The highest BCUT2D eigenvalue weighted by Gasteiger charge is 2.29. The van der Waals surface area contributed by atoms with E-state index in [1.165, 1.54) is 16.0 Å². The van der Waals surface area contributed by atoms with E-state index in [1.807, 2.05) is 31.2 Å². The molecule has 0 heterocycles. The van der Waals surface area contributed by atoms with E-state index in [4.69, 9.17) is 9.84 Å². The molecule has 170 valence electrons. The van der Waals surface area contributed by atoms with Crippen molar-refractivity contribution in [1.29, 1.82) is 0 Å². The molecule has 1 aliphatic rings. The van der Waals surface area contributed by atoms with Crippen LogP contribution in [0.1, 0.15) is 43.7 Å². The molecule has 0 spiro atoms. The molecule has 1 aliphatic carbocycles. The van der Waals surface area contributed by atoms with Gasteiger partial charge in [0.1, 0.15) is 6.61 Å². The number of amides is 2. The molecule has 32 heavy (non-hydrogen) atoms. The first-order valence-electron chi connectivity index (χ1n) is 10.9. The van der Waals surface area contributed by atoms with Gasteiger partial charge in [-0.2, -0.15) is 0 Å². The Kier molecular flexibility index (Phi) is 7.51. The Bertz CT molecular complexity index is 944. The fraction of sp³-hybridized carbons (Fsp3) is 0.400. The van der Waals surface area contributed by atoms with E-state index in [1.54, 1.807) is 14.0 Å². The summed E-state index contributed by atoms with van der Waals surface area (Å²) in [6, 6.07) is 16.1. The number of nitrogens with zero attached hydrogens (tertiary/aromatic N) is 1. The number of carbonyl (C=O) groups is 3. The van der Waals surface area contributed by atoms with Crippen LogP contribution in [0.15, 0.2) is 48.5 Å². The van der Waals surface area contributed by atoms with Crippen LogP contribution in [-0.2, 0) is 14.3 Å². The van der Waals surface area contributed by atoms with Gasteiger partial charge in [-0.25, -0.2) is 4.79 Å². The van der Waals surface area contributed by atoms with E-state index < -0.39 is 18.0 Å². The Hall–Kier alpha value is -3.35. The molecule has 0 bridgehead atoms. The van der Waals surface area contributed by atoms with Crippen LogP contribution in [0.5, 0.6) is 0 Å². The molecule has 0 aromatic heterocycles. The summed E-state index contributed by atoms with van der Waals surface area (Å²) in [6.45, 7) is 3.77. The Morgan fingerprint density at radius 2 is 1.59 bits per heavy atom. The average Bonchev–Trinajstić information content (AvgIpc) is 3.09. The molecule has 2 aromatic carbocycles. The summed E-state index contributed by atoms with van der Waals surface area (Å²) in [7, 11) is 1.59. The van der Waals surface area contributed by atoms with Crippen molar-refractivity contribution in [3.8, 4) is 11.1 Å².